The van der Waals surface area contributed by atoms with Crippen molar-refractivity contribution in [3.05, 3.63) is 35.8 Å². The lowest BCUT2D eigenvalue weighted by molar-refractivity contribution is -0.117. The Morgan fingerprint density at radius 1 is 1.28 bits per heavy atom. The highest BCUT2D eigenvalue weighted by Gasteiger charge is 2.21. The van der Waals surface area contributed by atoms with Crippen LogP contribution in [0.25, 0.3) is 0 Å². The summed E-state index contributed by atoms with van der Waals surface area (Å²) in [6.07, 6.45) is 1.79. The van der Waals surface area contributed by atoms with Crippen LogP contribution >= 0.6 is 23.1 Å². The zero-order chi connectivity index (χ0) is 17.6. The molecule has 25 heavy (non-hydrogen) atoms. The summed E-state index contributed by atoms with van der Waals surface area (Å²) in [5.74, 6) is -2.71. The molecule has 0 spiro atoms. The lowest BCUT2D eigenvalue weighted by Crippen LogP contribution is -2.48. The van der Waals surface area contributed by atoms with Gasteiger partial charge in [0.1, 0.15) is 0 Å². The van der Waals surface area contributed by atoms with Crippen LogP contribution in [-0.2, 0) is 4.79 Å². The fourth-order valence-corrected chi connectivity index (χ4v) is 3.92. The van der Waals surface area contributed by atoms with Gasteiger partial charge in [-0.3, -0.25) is 9.69 Å². The van der Waals surface area contributed by atoms with E-state index in [0.717, 1.165) is 31.3 Å². The van der Waals surface area contributed by atoms with Crippen molar-refractivity contribution in [3.8, 4) is 0 Å². The number of alkyl halides is 2. The molecule has 1 aromatic carbocycles. The number of amides is 1. The normalized spacial score (nSPS) is 15.6. The van der Waals surface area contributed by atoms with Gasteiger partial charge in [0.15, 0.2) is 5.13 Å². The molecule has 0 saturated carbocycles. The molecule has 1 fully saturated rings. The van der Waals surface area contributed by atoms with E-state index in [1.807, 2.05) is 5.38 Å². The van der Waals surface area contributed by atoms with Gasteiger partial charge in [-0.25, -0.2) is 4.98 Å². The molecule has 1 N–H and O–H groups in total. The minimum atomic E-state index is -2.52. The third-order valence-corrected chi connectivity index (χ3v) is 5.43. The largest absolute Gasteiger partial charge is 0.346 e. The number of aromatic nitrogens is 1. The first-order chi connectivity index (χ1) is 12.1. The van der Waals surface area contributed by atoms with Crippen LogP contribution in [-0.4, -0.2) is 54.3 Å². The molecule has 2 aromatic rings. The number of para-hydroxylation sites is 1. The van der Waals surface area contributed by atoms with Crippen molar-refractivity contribution in [2.24, 2.45) is 0 Å². The standard InChI is InChI=1S/C16H18F2N4OS2/c17-15(18)25-13-4-2-1-3-12(13)20-14(23)11-21-6-8-22(9-7-21)16-19-5-10-24-16/h1-5,10,15H,6-9,11H2,(H,20,23). The monoisotopic (exact) mass is 384 g/mol. The predicted octanol–water partition coefficient (Wildman–Crippen LogP) is 3.22. The molecule has 1 aliphatic heterocycles. The molecule has 9 heteroatoms. The number of halogens is 2. The second kappa shape index (κ2) is 8.59. The highest BCUT2D eigenvalue weighted by molar-refractivity contribution is 7.99. The van der Waals surface area contributed by atoms with Gasteiger partial charge in [0.05, 0.1) is 12.2 Å². The Morgan fingerprint density at radius 2 is 2.04 bits per heavy atom. The molecular formula is C16H18F2N4OS2. The Kier molecular flexibility index (Phi) is 6.22. The van der Waals surface area contributed by atoms with Crippen molar-refractivity contribution in [1.82, 2.24) is 9.88 Å². The zero-order valence-electron chi connectivity index (χ0n) is 13.4. The van der Waals surface area contributed by atoms with Crippen molar-refractivity contribution in [2.75, 3.05) is 42.9 Å². The number of thioether (sulfide) groups is 1. The molecule has 0 radical (unpaired) electrons. The van der Waals surface area contributed by atoms with Gasteiger partial charge in [-0.05, 0) is 12.1 Å². The second-order valence-corrected chi connectivity index (χ2v) is 7.41. The predicted molar refractivity (Wildman–Crippen MR) is 97.7 cm³/mol. The quantitative estimate of drug-likeness (QED) is 0.775. The molecule has 5 nitrogen and oxygen atoms in total. The minimum Gasteiger partial charge on any atom is -0.346 e. The smallest absolute Gasteiger partial charge is 0.288 e. The summed E-state index contributed by atoms with van der Waals surface area (Å²) in [6, 6.07) is 6.62. The molecular weight excluding hydrogens is 366 g/mol. The van der Waals surface area contributed by atoms with E-state index >= 15 is 0 Å². The molecule has 134 valence electrons. The second-order valence-electron chi connectivity index (χ2n) is 5.50. The van der Waals surface area contributed by atoms with Gasteiger partial charge >= 0.3 is 0 Å². The maximum Gasteiger partial charge on any atom is 0.288 e. The number of carbonyl (C=O) groups excluding carboxylic acids is 1. The average molecular weight is 384 g/mol. The third-order valence-electron chi connectivity index (χ3n) is 3.81. The van der Waals surface area contributed by atoms with Crippen molar-refractivity contribution in [3.63, 3.8) is 0 Å². The molecule has 0 unspecified atom stereocenters. The van der Waals surface area contributed by atoms with E-state index in [1.165, 1.54) is 0 Å². The van der Waals surface area contributed by atoms with Crippen molar-refractivity contribution in [1.29, 1.82) is 0 Å². The van der Waals surface area contributed by atoms with Crippen LogP contribution in [0.15, 0.2) is 40.7 Å². The Balaban J connectivity index is 1.50. The Bertz CT molecular complexity index is 691. The fraction of sp³-hybridized carbons (Fsp3) is 0.375. The first-order valence-corrected chi connectivity index (χ1v) is 9.58. The van der Waals surface area contributed by atoms with Crippen molar-refractivity contribution < 1.29 is 13.6 Å². The summed E-state index contributed by atoms with van der Waals surface area (Å²) in [5.41, 5.74) is 0.430. The number of thiazole rings is 1. The lowest BCUT2D eigenvalue weighted by atomic mass is 10.3. The molecule has 2 heterocycles. The number of piperazine rings is 1. The van der Waals surface area contributed by atoms with E-state index in [1.54, 1.807) is 41.8 Å². The number of benzene rings is 1. The summed E-state index contributed by atoms with van der Waals surface area (Å²) >= 11 is 2.04. The summed E-state index contributed by atoms with van der Waals surface area (Å²) in [5, 5.41) is 5.69. The lowest BCUT2D eigenvalue weighted by Gasteiger charge is -2.34. The van der Waals surface area contributed by atoms with E-state index in [9.17, 15) is 13.6 Å². The van der Waals surface area contributed by atoms with Gasteiger partial charge in [-0.2, -0.15) is 8.78 Å². The summed E-state index contributed by atoms with van der Waals surface area (Å²) < 4.78 is 25.2. The minimum absolute atomic E-state index is 0.190. The molecule has 1 amide bonds. The van der Waals surface area contributed by atoms with E-state index in [4.69, 9.17) is 0 Å². The number of nitrogens with one attached hydrogen (secondary N) is 1. The van der Waals surface area contributed by atoms with Crippen LogP contribution in [0.1, 0.15) is 0 Å². The number of nitrogens with zero attached hydrogens (tertiary/aromatic N) is 3. The SMILES string of the molecule is O=C(CN1CCN(c2nccs2)CC1)Nc1ccccc1SC(F)F. The van der Waals surface area contributed by atoms with E-state index < -0.39 is 5.76 Å². The third kappa shape index (κ3) is 5.13. The number of anilines is 2. The van der Waals surface area contributed by atoms with Crippen LogP contribution < -0.4 is 10.2 Å². The van der Waals surface area contributed by atoms with Gasteiger partial charge in [-0.15, -0.1) is 11.3 Å². The van der Waals surface area contributed by atoms with Crippen molar-refractivity contribution in [2.45, 2.75) is 10.7 Å². The van der Waals surface area contributed by atoms with Crippen LogP contribution in [0.2, 0.25) is 0 Å². The topological polar surface area (TPSA) is 48.5 Å². The van der Waals surface area contributed by atoms with Gasteiger partial charge in [0.2, 0.25) is 5.91 Å². The van der Waals surface area contributed by atoms with Crippen LogP contribution in [0.4, 0.5) is 19.6 Å². The molecule has 3 rings (SSSR count). The number of rotatable bonds is 6. The molecule has 0 atom stereocenters. The average Bonchev–Trinajstić information content (AvgIpc) is 3.11. The maximum absolute atomic E-state index is 12.6. The highest BCUT2D eigenvalue weighted by Crippen LogP contribution is 2.31. The highest BCUT2D eigenvalue weighted by atomic mass is 32.2. The summed E-state index contributed by atoms with van der Waals surface area (Å²) in [6.45, 7) is 3.41. The van der Waals surface area contributed by atoms with E-state index in [2.05, 4.69) is 20.1 Å². The van der Waals surface area contributed by atoms with Crippen molar-refractivity contribution >= 4 is 39.8 Å². The summed E-state index contributed by atoms with van der Waals surface area (Å²) in [4.78, 5) is 21.2. The van der Waals surface area contributed by atoms with E-state index in [-0.39, 0.29) is 12.5 Å². The first-order valence-electron chi connectivity index (χ1n) is 7.82. The van der Waals surface area contributed by atoms with Crippen LogP contribution in [0.3, 0.4) is 0 Å². The Hall–Kier alpha value is -1.71. The summed E-state index contributed by atoms with van der Waals surface area (Å²) in [7, 11) is 0. The Morgan fingerprint density at radius 3 is 2.72 bits per heavy atom. The zero-order valence-corrected chi connectivity index (χ0v) is 15.0. The van der Waals surface area contributed by atoms with Crippen LogP contribution in [0, 0.1) is 0 Å². The van der Waals surface area contributed by atoms with Crippen LogP contribution in [0.5, 0.6) is 0 Å². The molecule has 0 aliphatic carbocycles. The Labute approximate surface area is 153 Å². The van der Waals surface area contributed by atoms with Gasteiger partial charge < -0.3 is 10.2 Å². The number of hydrogen-bond acceptors (Lipinski definition) is 6. The first kappa shape index (κ1) is 18.1. The molecule has 1 saturated heterocycles. The fourth-order valence-electron chi connectivity index (χ4n) is 2.63. The van der Waals surface area contributed by atoms with Gasteiger partial charge in [0.25, 0.3) is 5.76 Å². The molecule has 1 aliphatic rings. The molecule has 1 aromatic heterocycles. The van der Waals surface area contributed by atoms with Gasteiger partial charge in [-0.1, -0.05) is 23.9 Å². The van der Waals surface area contributed by atoms with E-state index in [0.29, 0.717) is 22.3 Å². The van der Waals surface area contributed by atoms with Gasteiger partial charge in [0, 0.05) is 42.7 Å². The molecule has 0 bridgehead atoms. The number of hydrogen-bond donors (Lipinski definition) is 1. The number of carbonyl (C=O) groups is 1. The maximum atomic E-state index is 12.6.